The van der Waals surface area contributed by atoms with Crippen LogP contribution in [0.15, 0.2) is 24.3 Å². The summed E-state index contributed by atoms with van der Waals surface area (Å²) in [5, 5.41) is 6.08. The number of ether oxygens (including phenoxy) is 1. The molecule has 1 atom stereocenters. The standard InChI is InChI=1S/C11H14N2O2/c1-15-9-4-2-8(3-5-9)12-10-6-7-11(14)13-10/h2-5,10,12H,6-7H2,1H3,(H,13,14)/t10-/m1/s1. The number of nitrogens with one attached hydrogen (secondary N) is 2. The van der Waals surface area contributed by atoms with Crippen LogP contribution in [-0.4, -0.2) is 19.2 Å². The summed E-state index contributed by atoms with van der Waals surface area (Å²) < 4.78 is 5.06. The molecule has 15 heavy (non-hydrogen) atoms. The Kier molecular flexibility index (Phi) is 2.76. The first-order valence-corrected chi connectivity index (χ1v) is 4.98. The monoisotopic (exact) mass is 206 g/mol. The smallest absolute Gasteiger partial charge is 0.221 e. The van der Waals surface area contributed by atoms with Crippen LogP contribution in [0, 0.1) is 0 Å². The van der Waals surface area contributed by atoms with Crippen molar-refractivity contribution in [3.05, 3.63) is 24.3 Å². The Balaban J connectivity index is 1.96. The lowest BCUT2D eigenvalue weighted by Gasteiger charge is -2.13. The Morgan fingerprint density at radius 2 is 2.13 bits per heavy atom. The topological polar surface area (TPSA) is 50.4 Å². The number of hydrogen-bond acceptors (Lipinski definition) is 3. The molecule has 4 nitrogen and oxygen atoms in total. The Bertz CT molecular complexity index is 348. The van der Waals surface area contributed by atoms with Crippen molar-refractivity contribution < 1.29 is 9.53 Å². The van der Waals surface area contributed by atoms with Gasteiger partial charge in [-0.05, 0) is 30.7 Å². The van der Waals surface area contributed by atoms with Crippen LogP contribution in [0.5, 0.6) is 5.75 Å². The second kappa shape index (κ2) is 4.21. The summed E-state index contributed by atoms with van der Waals surface area (Å²) in [7, 11) is 1.64. The zero-order chi connectivity index (χ0) is 10.7. The molecule has 1 aliphatic heterocycles. The van der Waals surface area contributed by atoms with Crippen molar-refractivity contribution in [1.29, 1.82) is 0 Å². The minimum absolute atomic E-state index is 0.0610. The van der Waals surface area contributed by atoms with Gasteiger partial charge in [0.05, 0.1) is 13.3 Å². The number of anilines is 1. The third kappa shape index (κ3) is 2.40. The minimum atomic E-state index is 0.0610. The number of rotatable bonds is 3. The Morgan fingerprint density at radius 3 is 2.67 bits per heavy atom. The Hall–Kier alpha value is -1.71. The number of carbonyl (C=O) groups excluding carboxylic acids is 1. The van der Waals surface area contributed by atoms with E-state index in [9.17, 15) is 4.79 Å². The van der Waals surface area contributed by atoms with Crippen LogP contribution in [-0.2, 0) is 4.79 Å². The van der Waals surface area contributed by atoms with Gasteiger partial charge in [-0.2, -0.15) is 0 Å². The summed E-state index contributed by atoms with van der Waals surface area (Å²) in [4.78, 5) is 11.0. The normalized spacial score (nSPS) is 19.8. The van der Waals surface area contributed by atoms with E-state index in [0.29, 0.717) is 6.42 Å². The van der Waals surface area contributed by atoms with Crippen molar-refractivity contribution in [2.24, 2.45) is 0 Å². The summed E-state index contributed by atoms with van der Waals surface area (Å²) in [6, 6.07) is 7.64. The molecule has 0 aliphatic carbocycles. The average Bonchev–Trinajstić information content (AvgIpc) is 2.65. The van der Waals surface area contributed by atoms with Gasteiger partial charge in [0.1, 0.15) is 5.75 Å². The van der Waals surface area contributed by atoms with Gasteiger partial charge in [-0.3, -0.25) is 4.79 Å². The summed E-state index contributed by atoms with van der Waals surface area (Å²) in [6.45, 7) is 0. The molecule has 2 rings (SSSR count). The van der Waals surface area contributed by atoms with Crippen LogP contribution in [0.1, 0.15) is 12.8 Å². The Morgan fingerprint density at radius 1 is 1.40 bits per heavy atom. The number of carbonyl (C=O) groups is 1. The lowest BCUT2D eigenvalue weighted by Crippen LogP contribution is -2.32. The second-order valence-corrected chi connectivity index (χ2v) is 3.53. The van der Waals surface area contributed by atoms with E-state index in [0.717, 1.165) is 17.9 Å². The summed E-state index contributed by atoms with van der Waals surface area (Å²) in [5.41, 5.74) is 0.989. The van der Waals surface area contributed by atoms with Gasteiger partial charge in [-0.15, -0.1) is 0 Å². The molecule has 0 saturated carbocycles. The predicted molar refractivity (Wildman–Crippen MR) is 57.8 cm³/mol. The van der Waals surface area contributed by atoms with E-state index in [4.69, 9.17) is 4.74 Å². The summed E-state index contributed by atoms with van der Waals surface area (Å²) in [6.07, 6.45) is 1.50. The lowest BCUT2D eigenvalue weighted by atomic mass is 10.2. The van der Waals surface area contributed by atoms with Gasteiger partial charge < -0.3 is 15.4 Å². The molecule has 1 heterocycles. The molecule has 1 fully saturated rings. The molecule has 80 valence electrons. The largest absolute Gasteiger partial charge is 0.497 e. The maximum atomic E-state index is 11.0. The first kappa shape index (κ1) is 9.83. The van der Waals surface area contributed by atoms with E-state index in [-0.39, 0.29) is 12.1 Å². The van der Waals surface area contributed by atoms with Gasteiger partial charge in [-0.1, -0.05) is 0 Å². The van der Waals surface area contributed by atoms with Crippen LogP contribution < -0.4 is 15.4 Å². The molecule has 4 heteroatoms. The highest BCUT2D eigenvalue weighted by Gasteiger charge is 2.19. The predicted octanol–water partition coefficient (Wildman–Crippen LogP) is 1.34. The number of amides is 1. The molecule has 1 aromatic rings. The number of methoxy groups -OCH3 is 1. The highest BCUT2D eigenvalue weighted by atomic mass is 16.5. The number of hydrogen-bond donors (Lipinski definition) is 2. The average molecular weight is 206 g/mol. The fraction of sp³-hybridized carbons (Fsp3) is 0.364. The highest BCUT2D eigenvalue weighted by Crippen LogP contribution is 2.17. The lowest BCUT2D eigenvalue weighted by molar-refractivity contribution is -0.119. The molecule has 0 unspecified atom stereocenters. The summed E-state index contributed by atoms with van der Waals surface area (Å²) in [5.74, 6) is 0.942. The number of benzene rings is 1. The second-order valence-electron chi connectivity index (χ2n) is 3.53. The molecule has 0 spiro atoms. The van der Waals surface area contributed by atoms with Crippen molar-refractivity contribution in [3.63, 3.8) is 0 Å². The molecule has 0 radical (unpaired) electrons. The van der Waals surface area contributed by atoms with Crippen LogP contribution >= 0.6 is 0 Å². The van der Waals surface area contributed by atoms with Gasteiger partial charge in [0.25, 0.3) is 0 Å². The van der Waals surface area contributed by atoms with E-state index in [2.05, 4.69) is 10.6 Å². The van der Waals surface area contributed by atoms with Gasteiger partial charge in [0, 0.05) is 12.1 Å². The molecule has 1 saturated heterocycles. The quantitative estimate of drug-likeness (QED) is 0.784. The third-order valence-electron chi connectivity index (χ3n) is 2.43. The SMILES string of the molecule is COc1ccc(N[C@H]2CCC(=O)N2)cc1. The minimum Gasteiger partial charge on any atom is -0.497 e. The van der Waals surface area contributed by atoms with E-state index in [1.807, 2.05) is 24.3 Å². The van der Waals surface area contributed by atoms with Gasteiger partial charge in [0.15, 0.2) is 0 Å². The summed E-state index contributed by atoms with van der Waals surface area (Å²) >= 11 is 0. The highest BCUT2D eigenvalue weighted by molar-refractivity contribution is 5.79. The van der Waals surface area contributed by atoms with Crippen molar-refractivity contribution in [2.45, 2.75) is 19.0 Å². The van der Waals surface area contributed by atoms with Gasteiger partial charge >= 0.3 is 0 Å². The maximum absolute atomic E-state index is 11.0. The molecular formula is C11H14N2O2. The molecule has 1 aliphatic rings. The molecule has 1 amide bonds. The first-order chi connectivity index (χ1) is 7.28. The van der Waals surface area contributed by atoms with E-state index in [1.165, 1.54) is 0 Å². The maximum Gasteiger partial charge on any atom is 0.221 e. The van der Waals surface area contributed by atoms with Crippen molar-refractivity contribution in [1.82, 2.24) is 5.32 Å². The van der Waals surface area contributed by atoms with Gasteiger partial charge in [-0.25, -0.2) is 0 Å². The molecule has 0 bridgehead atoms. The van der Waals surface area contributed by atoms with Crippen molar-refractivity contribution in [2.75, 3.05) is 12.4 Å². The van der Waals surface area contributed by atoms with Crippen LogP contribution in [0.2, 0.25) is 0 Å². The zero-order valence-electron chi connectivity index (χ0n) is 8.62. The van der Waals surface area contributed by atoms with E-state index < -0.39 is 0 Å². The van der Waals surface area contributed by atoms with E-state index in [1.54, 1.807) is 7.11 Å². The van der Waals surface area contributed by atoms with Crippen LogP contribution in [0.3, 0.4) is 0 Å². The molecule has 0 aromatic heterocycles. The van der Waals surface area contributed by atoms with Crippen LogP contribution in [0.25, 0.3) is 0 Å². The fourth-order valence-corrected chi connectivity index (χ4v) is 1.61. The zero-order valence-corrected chi connectivity index (χ0v) is 8.62. The van der Waals surface area contributed by atoms with E-state index >= 15 is 0 Å². The molecule has 2 N–H and O–H groups in total. The third-order valence-corrected chi connectivity index (χ3v) is 2.43. The Labute approximate surface area is 88.6 Å². The van der Waals surface area contributed by atoms with Gasteiger partial charge in [0.2, 0.25) is 5.91 Å². The molecular weight excluding hydrogens is 192 g/mol. The first-order valence-electron chi connectivity index (χ1n) is 4.98. The van der Waals surface area contributed by atoms with Crippen LogP contribution in [0.4, 0.5) is 5.69 Å². The fourth-order valence-electron chi connectivity index (χ4n) is 1.61. The van der Waals surface area contributed by atoms with Crippen molar-refractivity contribution >= 4 is 11.6 Å². The van der Waals surface area contributed by atoms with Crippen molar-refractivity contribution in [3.8, 4) is 5.75 Å². The molecule has 1 aromatic carbocycles.